The number of rotatable bonds is 6. The van der Waals surface area contributed by atoms with Crippen molar-refractivity contribution in [1.29, 1.82) is 0 Å². The van der Waals surface area contributed by atoms with Gasteiger partial charge in [-0.1, -0.05) is 12.1 Å². The molecule has 0 radical (unpaired) electrons. The molecule has 1 fully saturated rings. The molecule has 1 aliphatic heterocycles. The number of hydrogen-bond donors (Lipinski definition) is 2. The van der Waals surface area contributed by atoms with Gasteiger partial charge in [-0.3, -0.25) is 14.5 Å². The summed E-state index contributed by atoms with van der Waals surface area (Å²) >= 11 is 0. The second kappa shape index (κ2) is 8.68. The molecule has 2 aromatic rings. The second-order valence-electron chi connectivity index (χ2n) is 6.83. The van der Waals surface area contributed by atoms with Crippen molar-refractivity contribution in [2.24, 2.45) is 11.7 Å². The van der Waals surface area contributed by atoms with Crippen LogP contribution in [-0.4, -0.2) is 36.9 Å². The van der Waals surface area contributed by atoms with Gasteiger partial charge in [-0.05, 0) is 67.9 Å². The molecule has 0 aromatic heterocycles. The Balaban J connectivity index is 1.53. The molecular formula is C21H25N3O3. The number of piperidine rings is 1. The third kappa shape index (κ3) is 5.08. The molecule has 2 amide bonds. The Morgan fingerprint density at radius 2 is 1.70 bits per heavy atom. The van der Waals surface area contributed by atoms with Gasteiger partial charge in [-0.2, -0.15) is 0 Å². The number of likely N-dealkylation sites (tertiary alicyclic amines) is 1. The van der Waals surface area contributed by atoms with Gasteiger partial charge < -0.3 is 15.8 Å². The molecule has 1 saturated heterocycles. The minimum atomic E-state index is -0.193. The number of ether oxygens (including phenoxy) is 1. The van der Waals surface area contributed by atoms with Gasteiger partial charge in [0.15, 0.2) is 0 Å². The van der Waals surface area contributed by atoms with E-state index in [1.807, 2.05) is 24.3 Å². The van der Waals surface area contributed by atoms with Crippen LogP contribution in [0, 0.1) is 5.92 Å². The topological polar surface area (TPSA) is 84.7 Å². The van der Waals surface area contributed by atoms with E-state index >= 15 is 0 Å². The fourth-order valence-electron chi connectivity index (χ4n) is 3.27. The lowest BCUT2D eigenvalue weighted by Crippen LogP contribution is -2.38. The first-order valence-electron chi connectivity index (χ1n) is 9.11. The van der Waals surface area contributed by atoms with Crippen molar-refractivity contribution in [3.8, 4) is 5.75 Å². The molecule has 27 heavy (non-hydrogen) atoms. The molecule has 0 saturated carbocycles. The largest absolute Gasteiger partial charge is 0.497 e. The molecule has 142 valence electrons. The monoisotopic (exact) mass is 367 g/mol. The van der Waals surface area contributed by atoms with Crippen LogP contribution in [0.25, 0.3) is 0 Å². The van der Waals surface area contributed by atoms with E-state index in [2.05, 4.69) is 10.2 Å². The van der Waals surface area contributed by atoms with Gasteiger partial charge in [0, 0.05) is 23.7 Å². The second-order valence-corrected chi connectivity index (χ2v) is 6.83. The highest BCUT2D eigenvalue weighted by Crippen LogP contribution is 2.19. The number of carbonyl (C=O) groups is 2. The molecule has 3 rings (SSSR count). The highest BCUT2D eigenvalue weighted by molar-refractivity contribution is 6.04. The lowest BCUT2D eigenvalue weighted by molar-refractivity contribution is -0.123. The lowest BCUT2D eigenvalue weighted by atomic mass is 9.96. The number of benzene rings is 2. The first-order valence-corrected chi connectivity index (χ1v) is 9.11. The van der Waals surface area contributed by atoms with E-state index in [0.29, 0.717) is 5.56 Å². The van der Waals surface area contributed by atoms with Crippen molar-refractivity contribution in [3.63, 3.8) is 0 Å². The van der Waals surface area contributed by atoms with E-state index in [4.69, 9.17) is 10.5 Å². The maximum atomic E-state index is 12.4. The fourth-order valence-corrected chi connectivity index (χ4v) is 3.27. The van der Waals surface area contributed by atoms with Crippen LogP contribution in [0.3, 0.4) is 0 Å². The Morgan fingerprint density at radius 1 is 1.07 bits per heavy atom. The van der Waals surface area contributed by atoms with Gasteiger partial charge in [0.05, 0.1) is 7.11 Å². The number of primary amides is 1. The van der Waals surface area contributed by atoms with Crippen LogP contribution in [0.15, 0.2) is 48.5 Å². The molecule has 0 spiro atoms. The summed E-state index contributed by atoms with van der Waals surface area (Å²) in [4.78, 5) is 25.9. The first-order chi connectivity index (χ1) is 13.0. The quantitative estimate of drug-likeness (QED) is 0.822. The van der Waals surface area contributed by atoms with E-state index < -0.39 is 0 Å². The van der Waals surface area contributed by atoms with E-state index in [-0.39, 0.29) is 17.7 Å². The average Bonchev–Trinajstić information content (AvgIpc) is 2.69. The standard InChI is InChI=1S/C21H25N3O3/c1-27-19-8-6-18(7-9-19)23-21(26)17-4-2-15(3-5-17)14-24-12-10-16(11-13-24)20(22)25/h2-9,16H,10-14H2,1H3,(H2,22,25)(H,23,26). The molecule has 2 aromatic carbocycles. The van der Waals surface area contributed by atoms with Crippen molar-refractivity contribution < 1.29 is 14.3 Å². The number of methoxy groups -OCH3 is 1. The van der Waals surface area contributed by atoms with E-state index in [0.717, 1.165) is 49.5 Å². The lowest BCUT2D eigenvalue weighted by Gasteiger charge is -2.30. The number of anilines is 1. The molecule has 0 unspecified atom stereocenters. The van der Waals surface area contributed by atoms with Crippen LogP contribution in [0.4, 0.5) is 5.69 Å². The molecule has 0 bridgehead atoms. The molecule has 6 heteroatoms. The molecule has 3 N–H and O–H groups in total. The number of amides is 2. The third-order valence-electron chi connectivity index (χ3n) is 4.96. The Bertz CT molecular complexity index is 779. The highest BCUT2D eigenvalue weighted by atomic mass is 16.5. The minimum Gasteiger partial charge on any atom is -0.497 e. The van der Waals surface area contributed by atoms with Crippen LogP contribution in [0.5, 0.6) is 5.75 Å². The van der Waals surface area contributed by atoms with Gasteiger partial charge in [-0.25, -0.2) is 0 Å². The van der Waals surface area contributed by atoms with Crippen molar-refractivity contribution in [2.75, 3.05) is 25.5 Å². The van der Waals surface area contributed by atoms with Crippen LogP contribution in [0.2, 0.25) is 0 Å². The molecule has 1 heterocycles. The summed E-state index contributed by atoms with van der Waals surface area (Å²) in [6.07, 6.45) is 1.63. The van der Waals surface area contributed by atoms with Crippen molar-refractivity contribution in [3.05, 3.63) is 59.7 Å². The Hall–Kier alpha value is -2.86. The van der Waals surface area contributed by atoms with Crippen molar-refractivity contribution in [2.45, 2.75) is 19.4 Å². The van der Waals surface area contributed by atoms with Crippen LogP contribution >= 0.6 is 0 Å². The Labute approximate surface area is 159 Å². The first kappa shape index (κ1) is 18.9. The molecule has 6 nitrogen and oxygen atoms in total. The maximum absolute atomic E-state index is 12.4. The number of hydrogen-bond acceptors (Lipinski definition) is 4. The number of nitrogens with zero attached hydrogens (tertiary/aromatic N) is 1. The zero-order valence-corrected chi connectivity index (χ0v) is 15.5. The number of carbonyl (C=O) groups excluding carboxylic acids is 2. The van der Waals surface area contributed by atoms with Crippen LogP contribution in [0.1, 0.15) is 28.8 Å². The Kier molecular flexibility index (Phi) is 6.08. The fraction of sp³-hybridized carbons (Fsp3) is 0.333. The molecule has 0 aliphatic carbocycles. The molecule has 0 atom stereocenters. The zero-order chi connectivity index (χ0) is 19.2. The highest BCUT2D eigenvalue weighted by Gasteiger charge is 2.22. The summed E-state index contributed by atoms with van der Waals surface area (Å²) in [6.45, 7) is 2.55. The van der Waals surface area contributed by atoms with Crippen molar-refractivity contribution in [1.82, 2.24) is 4.90 Å². The van der Waals surface area contributed by atoms with Gasteiger partial charge >= 0.3 is 0 Å². The van der Waals surface area contributed by atoms with Gasteiger partial charge in [-0.15, -0.1) is 0 Å². The average molecular weight is 367 g/mol. The van der Waals surface area contributed by atoms with Gasteiger partial charge in [0.1, 0.15) is 5.75 Å². The summed E-state index contributed by atoms with van der Waals surface area (Å²) in [5, 5.41) is 2.88. The normalized spacial score (nSPS) is 15.3. The summed E-state index contributed by atoms with van der Waals surface area (Å²) in [5.74, 6) is 0.415. The number of nitrogens with two attached hydrogens (primary N) is 1. The minimum absolute atomic E-state index is 0.00489. The predicted molar refractivity (Wildman–Crippen MR) is 105 cm³/mol. The summed E-state index contributed by atoms with van der Waals surface area (Å²) in [5.41, 5.74) is 7.86. The van der Waals surface area contributed by atoms with Crippen molar-refractivity contribution >= 4 is 17.5 Å². The molecular weight excluding hydrogens is 342 g/mol. The zero-order valence-electron chi connectivity index (χ0n) is 15.5. The molecule has 1 aliphatic rings. The number of nitrogens with one attached hydrogen (secondary N) is 1. The van der Waals surface area contributed by atoms with E-state index in [9.17, 15) is 9.59 Å². The maximum Gasteiger partial charge on any atom is 0.255 e. The van der Waals surface area contributed by atoms with Crippen LogP contribution < -0.4 is 15.8 Å². The summed E-state index contributed by atoms with van der Waals surface area (Å²) in [6, 6.07) is 14.8. The van der Waals surface area contributed by atoms with Gasteiger partial charge in [0.2, 0.25) is 5.91 Å². The van der Waals surface area contributed by atoms with Gasteiger partial charge in [0.25, 0.3) is 5.91 Å². The SMILES string of the molecule is COc1ccc(NC(=O)c2ccc(CN3CCC(C(N)=O)CC3)cc2)cc1. The smallest absolute Gasteiger partial charge is 0.255 e. The van der Waals surface area contributed by atoms with Crippen LogP contribution in [-0.2, 0) is 11.3 Å². The summed E-state index contributed by atoms with van der Waals surface area (Å²) < 4.78 is 5.11. The van der Waals surface area contributed by atoms with E-state index in [1.54, 1.807) is 31.4 Å². The predicted octanol–water partition coefficient (Wildman–Crippen LogP) is 2.64. The third-order valence-corrected chi connectivity index (χ3v) is 4.96. The van der Waals surface area contributed by atoms with E-state index in [1.165, 1.54) is 0 Å². The summed E-state index contributed by atoms with van der Waals surface area (Å²) in [7, 11) is 1.61. The Morgan fingerprint density at radius 3 is 2.26 bits per heavy atom.